The summed E-state index contributed by atoms with van der Waals surface area (Å²) in [6, 6.07) is 7.76. The Morgan fingerprint density at radius 2 is 1.60 bits per heavy atom. The van der Waals surface area contributed by atoms with Gasteiger partial charge in [-0.25, -0.2) is 4.39 Å². The summed E-state index contributed by atoms with van der Waals surface area (Å²) in [4.78, 5) is 0. The summed E-state index contributed by atoms with van der Waals surface area (Å²) in [5, 5.41) is 3.70. The highest BCUT2D eigenvalue weighted by Gasteiger charge is 2.29. The van der Waals surface area contributed by atoms with Crippen LogP contribution in [-0.4, -0.2) is 6.04 Å². The molecule has 1 fully saturated rings. The normalized spacial score (nSPS) is 25.4. The van der Waals surface area contributed by atoms with E-state index in [2.05, 4.69) is 33.0 Å². The lowest BCUT2D eigenvalue weighted by Gasteiger charge is -2.38. The molecule has 0 aliphatic heterocycles. The van der Waals surface area contributed by atoms with E-state index >= 15 is 0 Å². The molecule has 0 aromatic heterocycles. The zero-order valence-electron chi connectivity index (χ0n) is 13.2. The summed E-state index contributed by atoms with van der Waals surface area (Å²) in [6.07, 6.45) is 5.15. The van der Waals surface area contributed by atoms with Gasteiger partial charge in [0.1, 0.15) is 5.82 Å². The second-order valence-electron chi connectivity index (χ2n) is 7.35. The lowest BCUT2D eigenvalue weighted by Crippen LogP contribution is -2.37. The van der Waals surface area contributed by atoms with E-state index < -0.39 is 0 Å². The molecule has 0 saturated heterocycles. The Hall–Kier alpha value is -0.890. The van der Waals surface area contributed by atoms with Crippen molar-refractivity contribution in [2.45, 2.75) is 65.5 Å². The largest absolute Gasteiger partial charge is 0.307 e. The zero-order valence-corrected chi connectivity index (χ0v) is 13.2. The third-order valence-corrected chi connectivity index (χ3v) is 4.81. The molecule has 0 amide bonds. The fraction of sp³-hybridized carbons (Fsp3) is 0.667. The first-order valence-corrected chi connectivity index (χ1v) is 7.88. The monoisotopic (exact) mass is 277 g/mol. The van der Waals surface area contributed by atoms with Crippen LogP contribution >= 0.6 is 0 Å². The molecular formula is C18H28FN. The summed E-state index contributed by atoms with van der Waals surface area (Å²) in [6.45, 7) is 9.23. The first kappa shape index (κ1) is 15.5. The lowest BCUT2D eigenvalue weighted by molar-refractivity contribution is 0.157. The van der Waals surface area contributed by atoms with Crippen LogP contribution in [0.1, 0.15) is 65.0 Å². The van der Waals surface area contributed by atoms with E-state index in [4.69, 9.17) is 0 Å². The molecule has 1 atom stereocenters. The van der Waals surface area contributed by atoms with Crippen LogP contribution in [0, 0.1) is 17.2 Å². The second kappa shape index (κ2) is 6.26. The molecule has 1 aromatic carbocycles. The molecule has 2 rings (SSSR count). The van der Waals surface area contributed by atoms with Crippen molar-refractivity contribution in [2.75, 3.05) is 0 Å². The number of rotatable bonds is 3. The van der Waals surface area contributed by atoms with Crippen molar-refractivity contribution in [3.05, 3.63) is 35.6 Å². The third kappa shape index (κ3) is 4.05. The standard InChI is InChI=1S/C18H28FN/c1-13(14-5-9-16(19)10-6-14)20-17-11-7-15(8-12-17)18(2,3)4/h5-6,9-10,13,15,17,20H,7-8,11-12H2,1-4H3. The van der Waals surface area contributed by atoms with Gasteiger partial charge < -0.3 is 5.32 Å². The molecular weight excluding hydrogens is 249 g/mol. The number of hydrogen-bond acceptors (Lipinski definition) is 1. The van der Waals surface area contributed by atoms with Crippen LogP contribution in [0.3, 0.4) is 0 Å². The first-order chi connectivity index (χ1) is 9.36. The van der Waals surface area contributed by atoms with Gasteiger partial charge in [-0.2, -0.15) is 0 Å². The van der Waals surface area contributed by atoms with Crippen molar-refractivity contribution in [2.24, 2.45) is 11.3 Å². The predicted octanol–water partition coefficient (Wildman–Crippen LogP) is 5.08. The molecule has 20 heavy (non-hydrogen) atoms. The van der Waals surface area contributed by atoms with Crippen LogP contribution in [0.25, 0.3) is 0 Å². The molecule has 0 radical (unpaired) electrons. The van der Waals surface area contributed by atoms with Crippen LogP contribution in [-0.2, 0) is 0 Å². The molecule has 1 N–H and O–H groups in total. The summed E-state index contributed by atoms with van der Waals surface area (Å²) in [5.41, 5.74) is 1.61. The van der Waals surface area contributed by atoms with Gasteiger partial charge >= 0.3 is 0 Å². The summed E-state index contributed by atoms with van der Waals surface area (Å²) < 4.78 is 12.9. The maximum Gasteiger partial charge on any atom is 0.123 e. The average molecular weight is 277 g/mol. The van der Waals surface area contributed by atoms with Gasteiger partial charge in [0.25, 0.3) is 0 Å². The third-order valence-electron chi connectivity index (χ3n) is 4.81. The van der Waals surface area contributed by atoms with Gasteiger partial charge in [0.05, 0.1) is 0 Å². The average Bonchev–Trinajstić information content (AvgIpc) is 2.39. The number of benzene rings is 1. The van der Waals surface area contributed by atoms with Gasteiger partial charge in [-0.1, -0.05) is 32.9 Å². The zero-order chi connectivity index (χ0) is 14.8. The quantitative estimate of drug-likeness (QED) is 0.812. The second-order valence-corrected chi connectivity index (χ2v) is 7.35. The van der Waals surface area contributed by atoms with E-state index in [9.17, 15) is 4.39 Å². The van der Waals surface area contributed by atoms with E-state index in [1.165, 1.54) is 31.2 Å². The van der Waals surface area contributed by atoms with Crippen molar-refractivity contribution in [1.29, 1.82) is 0 Å². The van der Waals surface area contributed by atoms with Gasteiger partial charge in [0, 0.05) is 12.1 Å². The number of nitrogens with one attached hydrogen (secondary N) is 1. The van der Waals surface area contributed by atoms with E-state index in [1.807, 2.05) is 12.1 Å². The fourth-order valence-corrected chi connectivity index (χ4v) is 3.33. The molecule has 1 saturated carbocycles. The van der Waals surface area contributed by atoms with Crippen molar-refractivity contribution < 1.29 is 4.39 Å². The highest BCUT2D eigenvalue weighted by Crippen LogP contribution is 2.38. The van der Waals surface area contributed by atoms with Gasteiger partial charge in [-0.3, -0.25) is 0 Å². The molecule has 2 heteroatoms. The van der Waals surface area contributed by atoms with Crippen LogP contribution in [0.2, 0.25) is 0 Å². The first-order valence-electron chi connectivity index (χ1n) is 7.88. The number of hydrogen-bond donors (Lipinski definition) is 1. The van der Waals surface area contributed by atoms with Gasteiger partial charge in [0.2, 0.25) is 0 Å². The predicted molar refractivity (Wildman–Crippen MR) is 83.2 cm³/mol. The molecule has 1 aliphatic rings. The van der Waals surface area contributed by atoms with Crippen molar-refractivity contribution in [1.82, 2.24) is 5.32 Å². The molecule has 112 valence electrons. The summed E-state index contributed by atoms with van der Waals surface area (Å²) in [5.74, 6) is 0.688. The number of halogens is 1. The maximum absolute atomic E-state index is 12.9. The Morgan fingerprint density at radius 1 is 1.05 bits per heavy atom. The van der Waals surface area contributed by atoms with E-state index in [1.54, 1.807) is 12.1 Å². The van der Waals surface area contributed by atoms with Crippen LogP contribution in [0.15, 0.2) is 24.3 Å². The highest BCUT2D eigenvalue weighted by atomic mass is 19.1. The molecule has 1 nitrogen and oxygen atoms in total. The Bertz CT molecular complexity index is 410. The van der Waals surface area contributed by atoms with Gasteiger partial charge in [0.15, 0.2) is 0 Å². The summed E-state index contributed by atoms with van der Waals surface area (Å²) in [7, 11) is 0. The molecule has 0 bridgehead atoms. The summed E-state index contributed by atoms with van der Waals surface area (Å²) >= 11 is 0. The van der Waals surface area contributed by atoms with Crippen molar-refractivity contribution in [3.63, 3.8) is 0 Å². The minimum atomic E-state index is -0.161. The smallest absolute Gasteiger partial charge is 0.123 e. The molecule has 0 spiro atoms. The molecule has 1 aliphatic carbocycles. The Balaban J connectivity index is 1.85. The topological polar surface area (TPSA) is 12.0 Å². The molecule has 0 heterocycles. The lowest BCUT2D eigenvalue weighted by atomic mass is 9.71. The van der Waals surface area contributed by atoms with Crippen molar-refractivity contribution in [3.8, 4) is 0 Å². The fourth-order valence-electron chi connectivity index (χ4n) is 3.33. The van der Waals surface area contributed by atoms with E-state index in [0.29, 0.717) is 17.5 Å². The van der Waals surface area contributed by atoms with E-state index in [0.717, 1.165) is 5.92 Å². The van der Waals surface area contributed by atoms with Crippen molar-refractivity contribution >= 4 is 0 Å². The molecule has 1 aromatic rings. The highest BCUT2D eigenvalue weighted by molar-refractivity contribution is 5.19. The Labute approximate surface area is 123 Å². The minimum Gasteiger partial charge on any atom is -0.307 e. The SMILES string of the molecule is CC(NC1CCC(C(C)(C)C)CC1)c1ccc(F)cc1. The molecule has 1 unspecified atom stereocenters. The minimum absolute atomic E-state index is 0.161. The van der Waals surface area contributed by atoms with E-state index in [-0.39, 0.29) is 5.82 Å². The Kier molecular flexibility index (Phi) is 4.85. The maximum atomic E-state index is 12.9. The van der Waals surface area contributed by atoms with Gasteiger partial charge in [-0.05, 0) is 61.6 Å². The van der Waals surface area contributed by atoms with Gasteiger partial charge in [-0.15, -0.1) is 0 Å². The Morgan fingerprint density at radius 3 is 2.10 bits per heavy atom. The van der Waals surface area contributed by atoms with Crippen LogP contribution < -0.4 is 5.32 Å². The van der Waals surface area contributed by atoms with Crippen LogP contribution in [0.5, 0.6) is 0 Å². The van der Waals surface area contributed by atoms with Crippen LogP contribution in [0.4, 0.5) is 4.39 Å².